The number of phenols is 1. The number of rotatable bonds is 4. The predicted octanol–water partition coefficient (Wildman–Crippen LogP) is 0.140. The first-order valence-corrected chi connectivity index (χ1v) is 5.58. The molecule has 0 bridgehead atoms. The van der Waals surface area contributed by atoms with Gasteiger partial charge in [0.2, 0.25) is 0 Å². The number of aliphatic carboxylic acids is 1. The van der Waals surface area contributed by atoms with Crippen molar-refractivity contribution < 1.29 is 19.8 Å². The number of imidazole rings is 1. The van der Waals surface area contributed by atoms with Crippen LogP contribution < -0.4 is 10.6 Å². The normalized spacial score (nSPS) is 10.2. The summed E-state index contributed by atoms with van der Waals surface area (Å²) < 4.78 is 0. The van der Waals surface area contributed by atoms with Gasteiger partial charge in [0.1, 0.15) is 18.0 Å². The van der Waals surface area contributed by atoms with Crippen molar-refractivity contribution in [2.45, 2.75) is 0 Å². The Bertz CT molecular complexity index is 686. The van der Waals surface area contributed by atoms with Crippen molar-refractivity contribution in [2.24, 2.45) is 0 Å². The van der Waals surface area contributed by atoms with Crippen LogP contribution >= 0.6 is 0 Å². The second-order valence-corrected chi connectivity index (χ2v) is 3.96. The molecule has 2 aromatic rings. The van der Waals surface area contributed by atoms with E-state index in [0.717, 1.165) is 4.90 Å². The van der Waals surface area contributed by atoms with Gasteiger partial charge in [-0.3, -0.25) is 14.5 Å². The highest BCUT2D eigenvalue weighted by molar-refractivity contribution is 6.06. The number of aromatic nitrogens is 2. The maximum atomic E-state index is 12.2. The fraction of sp³-hybridized carbons (Fsp3) is 0.0833. The summed E-state index contributed by atoms with van der Waals surface area (Å²) in [6.07, 6.45) is 1.17. The lowest BCUT2D eigenvalue weighted by atomic mass is 10.2. The second kappa shape index (κ2) is 5.31. The highest BCUT2D eigenvalue weighted by Crippen LogP contribution is 2.19. The van der Waals surface area contributed by atoms with Crippen LogP contribution in [0, 0.1) is 0 Å². The highest BCUT2D eigenvalue weighted by atomic mass is 16.4. The first-order chi connectivity index (χ1) is 9.47. The molecular formula is C12H11N3O5. The Labute approximate surface area is 112 Å². The van der Waals surface area contributed by atoms with E-state index < -0.39 is 24.1 Å². The van der Waals surface area contributed by atoms with Crippen LogP contribution in [-0.4, -0.2) is 38.6 Å². The highest BCUT2D eigenvalue weighted by Gasteiger charge is 2.21. The summed E-state index contributed by atoms with van der Waals surface area (Å²) in [5.74, 6) is -1.88. The molecule has 1 aromatic carbocycles. The Hall–Kier alpha value is -3.03. The molecule has 0 saturated carbocycles. The van der Waals surface area contributed by atoms with Gasteiger partial charge in [0.25, 0.3) is 5.91 Å². The Kier molecular flexibility index (Phi) is 3.56. The minimum Gasteiger partial charge on any atom is -0.508 e. The molecule has 1 aromatic heterocycles. The molecule has 20 heavy (non-hydrogen) atoms. The molecule has 8 nitrogen and oxygen atoms in total. The minimum absolute atomic E-state index is 0.00785. The number of benzene rings is 1. The number of aromatic amines is 2. The monoisotopic (exact) mass is 277 g/mol. The zero-order chi connectivity index (χ0) is 14.7. The largest absolute Gasteiger partial charge is 0.508 e. The van der Waals surface area contributed by atoms with Gasteiger partial charge in [0.15, 0.2) is 0 Å². The molecule has 1 heterocycles. The number of amides is 1. The molecule has 2 rings (SSSR count). The lowest BCUT2D eigenvalue weighted by Gasteiger charge is -2.20. The van der Waals surface area contributed by atoms with Gasteiger partial charge < -0.3 is 20.2 Å². The lowest BCUT2D eigenvalue weighted by molar-refractivity contribution is -0.135. The lowest BCUT2D eigenvalue weighted by Crippen LogP contribution is -2.36. The van der Waals surface area contributed by atoms with Gasteiger partial charge in [-0.1, -0.05) is 0 Å². The average molecular weight is 277 g/mol. The quantitative estimate of drug-likeness (QED) is 0.632. The van der Waals surface area contributed by atoms with Crippen molar-refractivity contribution in [2.75, 3.05) is 11.4 Å². The van der Waals surface area contributed by atoms with Gasteiger partial charge in [-0.25, -0.2) is 4.79 Å². The number of nitrogens with one attached hydrogen (secondary N) is 2. The Balaban J connectivity index is 2.36. The number of carboxylic acid groups (broad SMARTS) is 1. The summed E-state index contributed by atoms with van der Waals surface area (Å²) in [5.41, 5.74) is -0.323. The number of hydrogen-bond acceptors (Lipinski definition) is 4. The third-order valence-corrected chi connectivity index (χ3v) is 2.53. The van der Waals surface area contributed by atoms with Crippen LogP contribution in [0.1, 0.15) is 10.5 Å². The van der Waals surface area contributed by atoms with Crippen molar-refractivity contribution in [1.29, 1.82) is 0 Å². The SMILES string of the molecule is O=C(O)CN(C(=O)c1c[nH]c(=O)[nH]1)c1ccc(O)cc1. The number of nitrogens with zero attached hydrogens (tertiary/aromatic N) is 1. The zero-order valence-electron chi connectivity index (χ0n) is 10.2. The first kappa shape index (κ1) is 13.4. The van der Waals surface area contributed by atoms with Crippen molar-refractivity contribution in [3.05, 3.63) is 46.6 Å². The average Bonchev–Trinajstić information content (AvgIpc) is 2.83. The molecule has 0 aliphatic carbocycles. The number of carbonyl (C=O) groups excluding carboxylic acids is 1. The van der Waals surface area contributed by atoms with E-state index in [2.05, 4.69) is 9.97 Å². The summed E-state index contributed by atoms with van der Waals surface area (Å²) >= 11 is 0. The van der Waals surface area contributed by atoms with Crippen LogP contribution in [0.4, 0.5) is 5.69 Å². The molecule has 0 spiro atoms. The van der Waals surface area contributed by atoms with Gasteiger partial charge in [0, 0.05) is 11.9 Å². The van der Waals surface area contributed by atoms with Gasteiger partial charge in [-0.05, 0) is 24.3 Å². The number of H-pyrrole nitrogens is 2. The molecule has 8 heteroatoms. The summed E-state index contributed by atoms with van der Waals surface area (Å²) in [7, 11) is 0. The molecule has 4 N–H and O–H groups in total. The van der Waals surface area contributed by atoms with Crippen LogP contribution in [0.15, 0.2) is 35.3 Å². The van der Waals surface area contributed by atoms with Gasteiger partial charge in [0.05, 0.1) is 0 Å². The molecule has 0 aliphatic heterocycles. The third-order valence-electron chi connectivity index (χ3n) is 2.53. The Morgan fingerprint density at radius 1 is 1.20 bits per heavy atom. The number of phenolic OH excluding ortho intramolecular Hbond substituents is 1. The van der Waals surface area contributed by atoms with Crippen LogP contribution in [-0.2, 0) is 4.79 Å². The number of anilines is 1. The number of carboxylic acids is 1. The van der Waals surface area contributed by atoms with Crippen LogP contribution in [0.3, 0.4) is 0 Å². The fourth-order valence-corrected chi connectivity index (χ4v) is 1.64. The van der Waals surface area contributed by atoms with Crippen molar-refractivity contribution >= 4 is 17.6 Å². The Morgan fingerprint density at radius 3 is 2.35 bits per heavy atom. The first-order valence-electron chi connectivity index (χ1n) is 5.58. The zero-order valence-corrected chi connectivity index (χ0v) is 10.2. The number of aromatic hydroxyl groups is 1. The van der Waals surface area contributed by atoms with Gasteiger partial charge in [-0.15, -0.1) is 0 Å². The number of carbonyl (C=O) groups is 2. The third kappa shape index (κ3) is 2.86. The molecular weight excluding hydrogens is 266 g/mol. The van der Waals surface area contributed by atoms with E-state index in [4.69, 9.17) is 5.11 Å². The van der Waals surface area contributed by atoms with Gasteiger partial charge >= 0.3 is 11.7 Å². The fourth-order valence-electron chi connectivity index (χ4n) is 1.64. The minimum atomic E-state index is -1.20. The summed E-state index contributed by atoms with van der Waals surface area (Å²) in [6.45, 7) is -0.573. The smallest absolute Gasteiger partial charge is 0.323 e. The standard InChI is InChI=1S/C12H11N3O5/c16-8-3-1-7(2-4-8)15(6-10(17)18)11(19)9-5-13-12(20)14-9/h1-5,16H,6H2,(H,17,18)(H2,13,14,20). The van der Waals surface area contributed by atoms with Crippen molar-refractivity contribution in [3.8, 4) is 5.75 Å². The molecule has 0 aliphatic rings. The molecule has 0 unspecified atom stereocenters. The predicted molar refractivity (Wildman–Crippen MR) is 68.8 cm³/mol. The van der Waals surface area contributed by atoms with E-state index in [0.29, 0.717) is 0 Å². The van der Waals surface area contributed by atoms with E-state index in [1.54, 1.807) is 0 Å². The molecule has 1 amide bonds. The molecule has 0 atom stereocenters. The topological polar surface area (TPSA) is 126 Å². The van der Waals surface area contributed by atoms with Gasteiger partial charge in [-0.2, -0.15) is 0 Å². The summed E-state index contributed by atoms with van der Waals surface area (Å²) in [4.78, 5) is 39.6. The molecule has 104 valence electrons. The summed E-state index contributed by atoms with van der Waals surface area (Å²) in [5, 5.41) is 18.1. The summed E-state index contributed by atoms with van der Waals surface area (Å²) in [6, 6.07) is 5.47. The molecule has 0 saturated heterocycles. The van der Waals surface area contributed by atoms with E-state index in [1.165, 1.54) is 30.5 Å². The van der Waals surface area contributed by atoms with E-state index in [1.807, 2.05) is 0 Å². The van der Waals surface area contributed by atoms with Crippen molar-refractivity contribution in [1.82, 2.24) is 9.97 Å². The van der Waals surface area contributed by atoms with E-state index in [9.17, 15) is 19.5 Å². The molecule has 0 fully saturated rings. The number of hydrogen-bond donors (Lipinski definition) is 4. The van der Waals surface area contributed by atoms with Crippen LogP contribution in [0.25, 0.3) is 0 Å². The molecule has 0 radical (unpaired) electrons. The van der Waals surface area contributed by atoms with Crippen LogP contribution in [0.2, 0.25) is 0 Å². The maximum Gasteiger partial charge on any atom is 0.323 e. The van der Waals surface area contributed by atoms with E-state index in [-0.39, 0.29) is 17.1 Å². The second-order valence-electron chi connectivity index (χ2n) is 3.96. The Morgan fingerprint density at radius 2 is 1.85 bits per heavy atom. The van der Waals surface area contributed by atoms with E-state index >= 15 is 0 Å². The van der Waals surface area contributed by atoms with Crippen LogP contribution in [0.5, 0.6) is 5.75 Å². The maximum absolute atomic E-state index is 12.2. The van der Waals surface area contributed by atoms with Crippen molar-refractivity contribution in [3.63, 3.8) is 0 Å².